The number of ether oxygens (including phenoxy) is 1. The number of piperidine rings is 1. The maximum atomic E-state index is 12.7. The Labute approximate surface area is 212 Å². The molecule has 2 N–H and O–H groups in total. The number of urea groups is 1. The minimum atomic E-state index is -4.94. The number of hydrogen-bond donors (Lipinski definition) is 2. The largest absolute Gasteiger partial charge is 0.496 e. The summed E-state index contributed by atoms with van der Waals surface area (Å²) in [7, 11) is 1.59. The predicted molar refractivity (Wildman–Crippen MR) is 133 cm³/mol. The number of rotatable bonds is 4. The number of methoxy groups -OCH3 is 1. The molecule has 0 aliphatic carbocycles. The highest BCUT2D eigenvalue weighted by Crippen LogP contribution is 2.27. The Kier molecular flexibility index (Phi) is 8.85. The van der Waals surface area contributed by atoms with Crippen molar-refractivity contribution in [3.8, 4) is 17.0 Å². The summed E-state index contributed by atoms with van der Waals surface area (Å²) in [5.74, 6) is -1.06. The van der Waals surface area contributed by atoms with Gasteiger partial charge in [-0.2, -0.15) is 13.2 Å². The predicted octanol–water partition coefficient (Wildman–Crippen LogP) is 4.71. The number of nitrogens with zero attached hydrogens (tertiary/aromatic N) is 4. The summed E-state index contributed by atoms with van der Waals surface area (Å²) in [5, 5.41) is 5.12. The number of aromatic nitrogens is 3. The third-order valence-electron chi connectivity index (χ3n) is 5.64. The number of carbonyl (C=O) groups is 2. The molecule has 9 nitrogen and oxygen atoms in total. The normalized spacial score (nSPS) is 15.4. The molecule has 0 spiro atoms. The van der Waals surface area contributed by atoms with E-state index in [0.717, 1.165) is 16.9 Å². The second-order valence-corrected chi connectivity index (χ2v) is 8.17. The fourth-order valence-corrected chi connectivity index (χ4v) is 3.89. The summed E-state index contributed by atoms with van der Waals surface area (Å²) < 4.78 is 43.5. The van der Waals surface area contributed by atoms with Crippen LogP contribution in [0.15, 0.2) is 36.5 Å². The molecule has 0 bridgehead atoms. The Balaban J connectivity index is 0.00000186. The third-order valence-corrected chi connectivity index (χ3v) is 5.64. The van der Waals surface area contributed by atoms with Crippen LogP contribution in [0.4, 0.5) is 23.8 Å². The molecular formula is C25H29F3N6O3. The number of carbonyl (C=O) groups excluding carboxylic acids is 2. The zero-order valence-corrected chi connectivity index (χ0v) is 21.0. The number of hydrogen-bond acceptors (Lipinski definition) is 6. The average Bonchev–Trinajstić information content (AvgIpc) is 2.89. The van der Waals surface area contributed by atoms with E-state index in [4.69, 9.17) is 4.74 Å². The van der Waals surface area contributed by atoms with E-state index in [2.05, 4.69) is 25.6 Å². The summed E-state index contributed by atoms with van der Waals surface area (Å²) in [5.41, 5.74) is 3.27. The van der Waals surface area contributed by atoms with Crippen LogP contribution in [0.3, 0.4) is 0 Å². The van der Waals surface area contributed by atoms with E-state index >= 15 is 0 Å². The molecule has 12 heteroatoms. The number of nitrogens with one attached hydrogen (secondary N) is 2. The van der Waals surface area contributed by atoms with Crippen LogP contribution in [0, 0.1) is 6.92 Å². The number of likely N-dealkylation sites (tertiary alicyclic amines) is 1. The number of fused-ring (bicyclic) bond motifs is 1. The van der Waals surface area contributed by atoms with Gasteiger partial charge in [-0.1, -0.05) is 26.0 Å². The Hall–Kier alpha value is -3.96. The molecule has 2 aromatic heterocycles. The molecule has 0 radical (unpaired) electrons. The van der Waals surface area contributed by atoms with E-state index in [0.29, 0.717) is 34.6 Å². The number of halogens is 3. The summed E-state index contributed by atoms with van der Waals surface area (Å²) in [6.07, 6.45) is -2.79. The second kappa shape index (κ2) is 11.8. The Morgan fingerprint density at radius 2 is 1.89 bits per heavy atom. The molecule has 198 valence electrons. The SMILES string of the molecule is CC.COc1cc(-c2ccc3ncc(NC(=O)NC4CCCN(C(=O)C(F)(F)F)C4)nc3n2)ccc1C. The van der Waals surface area contributed by atoms with Gasteiger partial charge in [0.15, 0.2) is 11.5 Å². The zero-order valence-electron chi connectivity index (χ0n) is 21.0. The van der Waals surface area contributed by atoms with Crippen LogP contribution < -0.4 is 15.4 Å². The molecule has 3 heterocycles. The lowest BCUT2D eigenvalue weighted by molar-refractivity contribution is -0.186. The minimum Gasteiger partial charge on any atom is -0.496 e. The Bertz CT molecular complexity index is 1270. The first kappa shape index (κ1) is 27.6. The number of anilines is 1. The van der Waals surface area contributed by atoms with Crippen molar-refractivity contribution in [3.63, 3.8) is 0 Å². The van der Waals surface area contributed by atoms with Crippen molar-refractivity contribution >= 4 is 28.9 Å². The highest BCUT2D eigenvalue weighted by atomic mass is 19.4. The van der Waals surface area contributed by atoms with Crippen LogP contribution in [-0.4, -0.2) is 64.2 Å². The molecular weight excluding hydrogens is 489 g/mol. The average molecular weight is 519 g/mol. The Morgan fingerprint density at radius 3 is 2.59 bits per heavy atom. The lowest BCUT2D eigenvalue weighted by atomic mass is 10.1. The fourth-order valence-electron chi connectivity index (χ4n) is 3.89. The molecule has 1 saturated heterocycles. The lowest BCUT2D eigenvalue weighted by Gasteiger charge is -2.33. The monoisotopic (exact) mass is 518 g/mol. The number of pyridine rings is 1. The van der Waals surface area contributed by atoms with Crippen molar-refractivity contribution in [2.45, 2.75) is 45.8 Å². The van der Waals surface area contributed by atoms with Crippen molar-refractivity contribution in [1.29, 1.82) is 0 Å². The van der Waals surface area contributed by atoms with Crippen molar-refractivity contribution in [3.05, 3.63) is 42.1 Å². The van der Waals surface area contributed by atoms with Crippen LogP contribution in [-0.2, 0) is 4.79 Å². The Morgan fingerprint density at radius 1 is 1.14 bits per heavy atom. The minimum absolute atomic E-state index is 0.00481. The van der Waals surface area contributed by atoms with Gasteiger partial charge in [0.2, 0.25) is 0 Å². The van der Waals surface area contributed by atoms with Crippen molar-refractivity contribution in [2.75, 3.05) is 25.5 Å². The number of benzene rings is 1. The van der Waals surface area contributed by atoms with Gasteiger partial charge in [0.1, 0.15) is 11.3 Å². The summed E-state index contributed by atoms with van der Waals surface area (Å²) in [6.45, 7) is 5.71. The first-order valence-corrected chi connectivity index (χ1v) is 11.9. The summed E-state index contributed by atoms with van der Waals surface area (Å²) in [4.78, 5) is 37.8. The number of alkyl halides is 3. The van der Waals surface area contributed by atoms with E-state index in [1.807, 2.05) is 39.0 Å². The molecule has 37 heavy (non-hydrogen) atoms. The van der Waals surface area contributed by atoms with Crippen LogP contribution in [0.5, 0.6) is 5.75 Å². The molecule has 4 rings (SSSR count). The molecule has 3 aromatic rings. The van der Waals surface area contributed by atoms with Crippen LogP contribution in [0.25, 0.3) is 22.4 Å². The van der Waals surface area contributed by atoms with Gasteiger partial charge in [-0.3, -0.25) is 10.1 Å². The maximum Gasteiger partial charge on any atom is 0.471 e. The maximum absolute atomic E-state index is 12.7. The van der Waals surface area contributed by atoms with E-state index in [1.54, 1.807) is 19.2 Å². The first-order valence-electron chi connectivity index (χ1n) is 11.9. The van der Waals surface area contributed by atoms with Gasteiger partial charge < -0.3 is 15.0 Å². The van der Waals surface area contributed by atoms with Crippen molar-refractivity contribution in [2.24, 2.45) is 0 Å². The van der Waals surface area contributed by atoms with Crippen LogP contribution in [0.2, 0.25) is 0 Å². The van der Waals surface area contributed by atoms with Gasteiger partial charge in [-0.15, -0.1) is 0 Å². The smallest absolute Gasteiger partial charge is 0.471 e. The highest BCUT2D eigenvalue weighted by Gasteiger charge is 2.43. The lowest BCUT2D eigenvalue weighted by Crippen LogP contribution is -2.53. The molecule has 0 saturated carbocycles. The van der Waals surface area contributed by atoms with Gasteiger partial charge in [0, 0.05) is 24.7 Å². The van der Waals surface area contributed by atoms with Gasteiger partial charge in [-0.05, 0) is 43.5 Å². The molecule has 1 aliphatic rings. The van der Waals surface area contributed by atoms with Gasteiger partial charge in [0.25, 0.3) is 0 Å². The standard InChI is InChI=1S/C23H23F3N6O3.C2H6/c1-13-5-6-14(10-18(13)35-2)16-7-8-17-20(29-16)30-19(11-27-17)31-22(34)28-15-4-3-9-32(12-15)21(33)23(24,25)26;1-2/h5-8,10-11,15H,3-4,9,12H2,1-2H3,(H2,28,29,30,31,34);1-2H3. The van der Waals surface area contributed by atoms with Crippen molar-refractivity contribution in [1.82, 2.24) is 25.2 Å². The van der Waals surface area contributed by atoms with Crippen LogP contribution >= 0.6 is 0 Å². The van der Waals surface area contributed by atoms with E-state index in [1.165, 1.54) is 6.20 Å². The molecule has 1 aliphatic heterocycles. The molecule has 1 atom stereocenters. The summed E-state index contributed by atoms with van der Waals surface area (Å²) in [6, 6.07) is 7.97. The fraction of sp³-hybridized carbons (Fsp3) is 0.400. The molecule has 1 unspecified atom stereocenters. The zero-order chi connectivity index (χ0) is 27.2. The van der Waals surface area contributed by atoms with Gasteiger partial charge in [0.05, 0.1) is 19.0 Å². The van der Waals surface area contributed by atoms with E-state index in [-0.39, 0.29) is 18.9 Å². The second-order valence-electron chi connectivity index (χ2n) is 8.17. The molecule has 1 fully saturated rings. The van der Waals surface area contributed by atoms with Gasteiger partial charge in [-0.25, -0.2) is 19.7 Å². The quantitative estimate of drug-likeness (QED) is 0.518. The number of amides is 3. The van der Waals surface area contributed by atoms with Crippen molar-refractivity contribution < 1.29 is 27.5 Å². The topological polar surface area (TPSA) is 109 Å². The third kappa shape index (κ3) is 6.83. The molecule has 1 aromatic carbocycles. The first-order chi connectivity index (χ1) is 17.6. The highest BCUT2D eigenvalue weighted by molar-refractivity contribution is 5.89. The van der Waals surface area contributed by atoms with E-state index in [9.17, 15) is 22.8 Å². The number of aryl methyl sites for hydroxylation is 1. The summed E-state index contributed by atoms with van der Waals surface area (Å²) >= 11 is 0. The van der Waals surface area contributed by atoms with Gasteiger partial charge >= 0.3 is 18.1 Å². The van der Waals surface area contributed by atoms with Crippen LogP contribution in [0.1, 0.15) is 32.3 Å². The molecule has 3 amide bonds. The van der Waals surface area contributed by atoms with E-state index < -0.39 is 24.2 Å².